The van der Waals surface area contributed by atoms with Gasteiger partial charge in [0, 0.05) is 31.0 Å². The average Bonchev–Trinajstić information content (AvgIpc) is 2.98. The molecule has 0 bridgehead atoms. The van der Waals surface area contributed by atoms with Gasteiger partial charge in [0.2, 0.25) is 5.91 Å². The fourth-order valence-electron chi connectivity index (χ4n) is 3.17. The van der Waals surface area contributed by atoms with Crippen LogP contribution in [-0.4, -0.2) is 29.5 Å². The molecule has 2 rings (SSSR count). The topological polar surface area (TPSA) is 86.9 Å². The fraction of sp³-hybridized carbons (Fsp3) is 0.348. The van der Waals surface area contributed by atoms with Gasteiger partial charge >= 0.3 is 0 Å². The van der Waals surface area contributed by atoms with Crippen molar-refractivity contribution in [2.75, 3.05) is 13.1 Å². The number of aromatic nitrogens is 1. The molecule has 0 atom stereocenters. The molecule has 2 N–H and O–H groups in total. The van der Waals surface area contributed by atoms with E-state index in [0.717, 1.165) is 29.9 Å². The predicted molar refractivity (Wildman–Crippen MR) is 114 cm³/mol. The van der Waals surface area contributed by atoms with E-state index in [1.165, 1.54) is 12.1 Å². The summed E-state index contributed by atoms with van der Waals surface area (Å²) in [5.74, 6) is -1.06. The summed E-state index contributed by atoms with van der Waals surface area (Å²) in [5.41, 5.74) is 3.67. The Morgan fingerprint density at radius 3 is 2.47 bits per heavy atom. The molecule has 0 saturated carbocycles. The molecule has 0 aliphatic heterocycles. The Hall–Kier alpha value is -3.40. The number of hydrogen-bond acceptors (Lipinski definition) is 3. The molecular weight excluding hydrogens is 383 g/mol. The second-order valence-electron chi connectivity index (χ2n) is 7.06. The zero-order chi connectivity index (χ0) is 22.1. The molecule has 158 valence electrons. The number of aryl methyl sites for hydroxylation is 1. The van der Waals surface area contributed by atoms with E-state index in [2.05, 4.69) is 22.1 Å². The summed E-state index contributed by atoms with van der Waals surface area (Å²) >= 11 is 0. The summed E-state index contributed by atoms with van der Waals surface area (Å²) < 4.78 is 15.1. The number of carbonyl (C=O) groups is 2. The smallest absolute Gasteiger partial charge is 0.262 e. The van der Waals surface area contributed by atoms with Gasteiger partial charge in [0.25, 0.3) is 5.91 Å². The lowest BCUT2D eigenvalue weighted by Gasteiger charge is -2.08. The molecule has 1 aromatic carbocycles. The summed E-state index contributed by atoms with van der Waals surface area (Å²) in [6.07, 6.45) is 2.72. The van der Waals surface area contributed by atoms with Gasteiger partial charge in [-0.1, -0.05) is 19.1 Å². The summed E-state index contributed by atoms with van der Waals surface area (Å²) in [6.45, 7) is 7.38. The van der Waals surface area contributed by atoms with Crippen LogP contribution in [0.2, 0.25) is 0 Å². The van der Waals surface area contributed by atoms with Crippen LogP contribution in [0.3, 0.4) is 0 Å². The largest absolute Gasteiger partial charge is 0.354 e. The van der Waals surface area contributed by atoms with Gasteiger partial charge in [-0.15, -0.1) is 0 Å². The van der Waals surface area contributed by atoms with Gasteiger partial charge < -0.3 is 15.2 Å². The number of carbonyl (C=O) groups excluding carboxylic acids is 2. The van der Waals surface area contributed by atoms with Crippen LogP contribution in [-0.2, 0) is 22.6 Å². The molecule has 2 amide bonds. The number of nitriles is 1. The van der Waals surface area contributed by atoms with Gasteiger partial charge in [-0.3, -0.25) is 9.59 Å². The van der Waals surface area contributed by atoms with Crippen molar-refractivity contribution >= 4 is 17.9 Å². The first-order valence-electron chi connectivity index (χ1n) is 9.93. The standard InChI is InChI=1S/C23H27FN4O2/c1-4-11-28-16(2)12-19(17(28)3)14-20(15-25)23(30)27-10-9-26-22(29)13-18-5-7-21(24)8-6-18/h5-8,12,14H,4,9-11,13H2,1-3H3,(H,26,29)(H,27,30)/b20-14+. The van der Waals surface area contributed by atoms with Gasteiger partial charge in [0.15, 0.2) is 0 Å². The van der Waals surface area contributed by atoms with Crippen LogP contribution >= 0.6 is 0 Å². The second kappa shape index (κ2) is 11.0. The van der Waals surface area contributed by atoms with Crippen LogP contribution in [0.1, 0.15) is 35.9 Å². The van der Waals surface area contributed by atoms with E-state index >= 15 is 0 Å². The molecule has 0 aliphatic rings. The number of rotatable bonds is 9. The monoisotopic (exact) mass is 410 g/mol. The predicted octanol–water partition coefficient (Wildman–Crippen LogP) is 3.04. The Morgan fingerprint density at radius 2 is 1.83 bits per heavy atom. The quantitative estimate of drug-likeness (QED) is 0.378. The minimum Gasteiger partial charge on any atom is -0.354 e. The van der Waals surface area contributed by atoms with Gasteiger partial charge in [-0.05, 0) is 55.7 Å². The van der Waals surface area contributed by atoms with Crippen LogP contribution in [0, 0.1) is 31.0 Å². The van der Waals surface area contributed by atoms with Crippen molar-refractivity contribution in [1.82, 2.24) is 15.2 Å². The van der Waals surface area contributed by atoms with E-state index < -0.39 is 5.91 Å². The van der Waals surface area contributed by atoms with Gasteiger partial charge in [-0.25, -0.2) is 4.39 Å². The van der Waals surface area contributed by atoms with E-state index in [9.17, 15) is 19.2 Å². The van der Waals surface area contributed by atoms with Gasteiger partial charge in [-0.2, -0.15) is 5.26 Å². The molecule has 0 fully saturated rings. The van der Waals surface area contributed by atoms with Crippen LogP contribution in [0.5, 0.6) is 0 Å². The lowest BCUT2D eigenvalue weighted by Crippen LogP contribution is -2.35. The molecular formula is C23H27FN4O2. The van der Waals surface area contributed by atoms with Crippen LogP contribution < -0.4 is 10.6 Å². The molecule has 0 radical (unpaired) electrons. The highest BCUT2D eigenvalue weighted by molar-refractivity contribution is 6.01. The minimum absolute atomic E-state index is 0.0180. The van der Waals surface area contributed by atoms with Crippen molar-refractivity contribution in [1.29, 1.82) is 5.26 Å². The third-order valence-electron chi connectivity index (χ3n) is 4.74. The Bertz CT molecular complexity index is 968. The molecule has 0 unspecified atom stereocenters. The third kappa shape index (κ3) is 6.31. The fourth-order valence-corrected chi connectivity index (χ4v) is 3.17. The minimum atomic E-state index is -0.481. The van der Waals surface area contributed by atoms with Crippen LogP contribution in [0.4, 0.5) is 4.39 Å². The van der Waals surface area contributed by atoms with Crippen molar-refractivity contribution in [3.05, 3.63) is 64.2 Å². The SMILES string of the molecule is CCCn1c(C)cc(/C=C(\C#N)C(=O)NCCNC(=O)Cc2ccc(F)cc2)c1C. The Morgan fingerprint density at radius 1 is 1.17 bits per heavy atom. The van der Waals surface area contributed by atoms with E-state index in [-0.39, 0.29) is 36.8 Å². The number of benzene rings is 1. The summed E-state index contributed by atoms with van der Waals surface area (Å²) in [6, 6.07) is 9.63. The highest BCUT2D eigenvalue weighted by atomic mass is 19.1. The lowest BCUT2D eigenvalue weighted by molar-refractivity contribution is -0.121. The first-order chi connectivity index (χ1) is 14.3. The lowest BCUT2D eigenvalue weighted by atomic mass is 10.1. The molecule has 0 saturated heterocycles. The summed E-state index contributed by atoms with van der Waals surface area (Å²) in [5, 5.41) is 14.7. The summed E-state index contributed by atoms with van der Waals surface area (Å²) in [7, 11) is 0. The van der Waals surface area contributed by atoms with Crippen molar-refractivity contribution in [3.8, 4) is 6.07 Å². The van der Waals surface area contributed by atoms with Gasteiger partial charge in [0.05, 0.1) is 6.42 Å². The van der Waals surface area contributed by atoms with Crippen LogP contribution in [0.15, 0.2) is 35.9 Å². The maximum absolute atomic E-state index is 12.9. The molecule has 0 aliphatic carbocycles. The van der Waals surface area contributed by atoms with Crippen molar-refractivity contribution < 1.29 is 14.0 Å². The third-order valence-corrected chi connectivity index (χ3v) is 4.74. The highest BCUT2D eigenvalue weighted by Crippen LogP contribution is 2.18. The van der Waals surface area contributed by atoms with Gasteiger partial charge in [0.1, 0.15) is 17.5 Å². The van der Waals surface area contributed by atoms with Crippen molar-refractivity contribution in [3.63, 3.8) is 0 Å². The Labute approximate surface area is 176 Å². The molecule has 2 aromatic rings. The van der Waals surface area contributed by atoms with E-state index in [4.69, 9.17) is 0 Å². The van der Waals surface area contributed by atoms with E-state index in [1.54, 1.807) is 18.2 Å². The Balaban J connectivity index is 1.86. The first-order valence-corrected chi connectivity index (χ1v) is 9.93. The summed E-state index contributed by atoms with van der Waals surface area (Å²) in [4.78, 5) is 24.2. The van der Waals surface area contributed by atoms with Crippen molar-refractivity contribution in [2.24, 2.45) is 0 Å². The van der Waals surface area contributed by atoms with E-state index in [0.29, 0.717) is 5.56 Å². The molecule has 30 heavy (non-hydrogen) atoms. The normalized spacial score (nSPS) is 11.1. The Kier molecular flexibility index (Phi) is 8.36. The highest BCUT2D eigenvalue weighted by Gasteiger charge is 2.12. The van der Waals surface area contributed by atoms with E-state index in [1.807, 2.05) is 26.0 Å². The second-order valence-corrected chi connectivity index (χ2v) is 7.06. The number of hydrogen-bond donors (Lipinski definition) is 2. The maximum atomic E-state index is 12.9. The zero-order valence-electron chi connectivity index (χ0n) is 17.6. The van der Waals surface area contributed by atoms with Crippen molar-refractivity contribution in [2.45, 2.75) is 40.2 Å². The average molecular weight is 410 g/mol. The maximum Gasteiger partial charge on any atom is 0.262 e. The molecule has 6 nitrogen and oxygen atoms in total. The molecule has 1 heterocycles. The first kappa shape index (κ1) is 22.9. The molecule has 0 spiro atoms. The zero-order valence-corrected chi connectivity index (χ0v) is 17.6. The number of halogens is 1. The number of amides is 2. The van der Waals surface area contributed by atoms with Crippen LogP contribution in [0.25, 0.3) is 6.08 Å². The number of nitrogens with zero attached hydrogens (tertiary/aromatic N) is 2. The molecule has 7 heteroatoms. The number of nitrogens with one attached hydrogen (secondary N) is 2. The molecule has 1 aromatic heterocycles.